The van der Waals surface area contributed by atoms with E-state index in [4.69, 9.17) is 9.84 Å². The lowest BCUT2D eigenvalue weighted by Gasteiger charge is -2.09. The average molecular weight is 273 g/mol. The van der Waals surface area contributed by atoms with Crippen LogP contribution in [-0.4, -0.2) is 22.8 Å². The van der Waals surface area contributed by atoms with Crippen molar-refractivity contribution in [3.05, 3.63) is 63.6 Å². The Hall–Kier alpha value is -2.56. The van der Waals surface area contributed by atoms with Gasteiger partial charge in [-0.25, -0.2) is 4.79 Å². The van der Waals surface area contributed by atoms with Crippen LogP contribution in [0.2, 0.25) is 0 Å². The standard InChI is InChI=1S/C15H15NO4/c1-10-5-6-16(14(17)7-10)9-11-3-4-13(20-2)12(8-11)15(18)19/h3-8H,9H2,1-2H3,(H,18,19). The molecule has 1 aromatic carbocycles. The number of carboxylic acids is 1. The molecule has 0 aliphatic rings. The molecule has 0 aliphatic heterocycles. The average Bonchev–Trinajstić information content (AvgIpc) is 2.41. The topological polar surface area (TPSA) is 68.5 Å². The first-order valence-electron chi connectivity index (χ1n) is 6.08. The number of carboxylic acid groups (broad SMARTS) is 1. The van der Waals surface area contributed by atoms with Gasteiger partial charge in [-0.3, -0.25) is 4.79 Å². The minimum atomic E-state index is -1.06. The van der Waals surface area contributed by atoms with E-state index in [9.17, 15) is 9.59 Å². The summed E-state index contributed by atoms with van der Waals surface area (Å²) in [6.07, 6.45) is 1.70. The minimum Gasteiger partial charge on any atom is -0.496 e. The number of rotatable bonds is 4. The van der Waals surface area contributed by atoms with Crippen molar-refractivity contribution in [3.8, 4) is 5.75 Å². The molecule has 0 aliphatic carbocycles. The van der Waals surface area contributed by atoms with E-state index in [2.05, 4.69) is 0 Å². The number of ether oxygens (including phenoxy) is 1. The summed E-state index contributed by atoms with van der Waals surface area (Å²) in [4.78, 5) is 23.0. The number of hydrogen-bond acceptors (Lipinski definition) is 3. The second kappa shape index (κ2) is 5.61. The molecule has 0 unspecified atom stereocenters. The van der Waals surface area contributed by atoms with E-state index in [1.54, 1.807) is 24.4 Å². The maximum Gasteiger partial charge on any atom is 0.339 e. The van der Waals surface area contributed by atoms with Gasteiger partial charge in [0.05, 0.1) is 13.7 Å². The van der Waals surface area contributed by atoms with Gasteiger partial charge in [0.2, 0.25) is 0 Å². The molecule has 0 amide bonds. The fourth-order valence-electron chi connectivity index (χ4n) is 1.95. The number of pyridine rings is 1. The van der Waals surface area contributed by atoms with Crippen LogP contribution in [0, 0.1) is 6.92 Å². The third kappa shape index (κ3) is 2.88. The van der Waals surface area contributed by atoms with Gasteiger partial charge in [0.15, 0.2) is 0 Å². The van der Waals surface area contributed by atoms with Gasteiger partial charge >= 0.3 is 5.97 Å². The molecular formula is C15H15NO4. The predicted molar refractivity (Wildman–Crippen MR) is 74.5 cm³/mol. The molecule has 1 aromatic heterocycles. The second-order valence-electron chi connectivity index (χ2n) is 4.51. The normalized spacial score (nSPS) is 10.3. The highest BCUT2D eigenvalue weighted by atomic mass is 16.5. The van der Waals surface area contributed by atoms with Gasteiger partial charge < -0.3 is 14.4 Å². The predicted octanol–water partition coefficient (Wildman–Crippen LogP) is 1.91. The van der Waals surface area contributed by atoms with Crippen LogP contribution in [0.4, 0.5) is 0 Å². The Morgan fingerprint density at radius 1 is 1.30 bits per heavy atom. The van der Waals surface area contributed by atoms with Crippen molar-refractivity contribution in [2.45, 2.75) is 13.5 Å². The summed E-state index contributed by atoms with van der Waals surface area (Å²) in [5.41, 5.74) is 1.60. The van der Waals surface area contributed by atoms with Crippen LogP contribution >= 0.6 is 0 Å². The van der Waals surface area contributed by atoms with Gasteiger partial charge in [-0.2, -0.15) is 0 Å². The van der Waals surface area contributed by atoms with Crippen molar-refractivity contribution >= 4 is 5.97 Å². The number of aromatic carboxylic acids is 1. The van der Waals surface area contributed by atoms with Crippen molar-refractivity contribution in [2.24, 2.45) is 0 Å². The van der Waals surface area contributed by atoms with Crippen molar-refractivity contribution in [1.82, 2.24) is 4.57 Å². The monoisotopic (exact) mass is 273 g/mol. The summed E-state index contributed by atoms with van der Waals surface area (Å²) in [6, 6.07) is 8.24. The number of aromatic nitrogens is 1. The molecule has 5 nitrogen and oxygen atoms in total. The van der Waals surface area contributed by atoms with Gasteiger partial charge in [-0.15, -0.1) is 0 Å². The zero-order valence-corrected chi connectivity index (χ0v) is 11.3. The van der Waals surface area contributed by atoms with E-state index in [0.29, 0.717) is 12.3 Å². The van der Waals surface area contributed by atoms with Gasteiger partial charge in [-0.1, -0.05) is 6.07 Å². The van der Waals surface area contributed by atoms with Gasteiger partial charge in [0.25, 0.3) is 5.56 Å². The molecular weight excluding hydrogens is 258 g/mol. The van der Waals surface area contributed by atoms with E-state index in [1.165, 1.54) is 17.7 Å². The van der Waals surface area contributed by atoms with Crippen LogP contribution in [-0.2, 0) is 6.54 Å². The number of aryl methyl sites for hydroxylation is 1. The number of benzene rings is 1. The third-order valence-corrected chi connectivity index (χ3v) is 3.00. The number of carbonyl (C=O) groups is 1. The fraction of sp³-hybridized carbons (Fsp3) is 0.200. The van der Waals surface area contributed by atoms with E-state index in [1.807, 2.05) is 13.0 Å². The Kier molecular flexibility index (Phi) is 3.89. The summed E-state index contributed by atoms with van der Waals surface area (Å²) in [5, 5.41) is 9.13. The van der Waals surface area contributed by atoms with Crippen molar-refractivity contribution in [3.63, 3.8) is 0 Å². The van der Waals surface area contributed by atoms with E-state index >= 15 is 0 Å². The van der Waals surface area contributed by atoms with Crippen molar-refractivity contribution in [2.75, 3.05) is 7.11 Å². The SMILES string of the molecule is COc1ccc(Cn2ccc(C)cc2=O)cc1C(=O)O. The highest BCUT2D eigenvalue weighted by Crippen LogP contribution is 2.20. The van der Waals surface area contributed by atoms with Crippen LogP contribution < -0.4 is 10.3 Å². The van der Waals surface area contributed by atoms with Crippen LogP contribution in [0.25, 0.3) is 0 Å². The number of hydrogen-bond donors (Lipinski definition) is 1. The Labute approximate surface area is 116 Å². The third-order valence-electron chi connectivity index (χ3n) is 3.00. The molecule has 5 heteroatoms. The van der Waals surface area contributed by atoms with Crippen molar-refractivity contribution in [1.29, 1.82) is 0 Å². The van der Waals surface area contributed by atoms with Crippen LogP contribution in [0.3, 0.4) is 0 Å². The summed E-state index contributed by atoms with van der Waals surface area (Å²) in [6.45, 7) is 2.17. The van der Waals surface area contributed by atoms with Gasteiger partial charge in [0, 0.05) is 12.3 Å². The zero-order valence-electron chi connectivity index (χ0n) is 11.3. The maximum absolute atomic E-state index is 11.8. The highest BCUT2D eigenvalue weighted by molar-refractivity contribution is 5.91. The number of methoxy groups -OCH3 is 1. The first-order chi connectivity index (χ1) is 9.51. The largest absolute Gasteiger partial charge is 0.496 e. The molecule has 0 spiro atoms. The molecule has 0 atom stereocenters. The lowest BCUT2D eigenvalue weighted by molar-refractivity contribution is 0.0693. The summed E-state index contributed by atoms with van der Waals surface area (Å²) in [5.74, 6) is -0.752. The Bertz CT molecular complexity index is 703. The smallest absolute Gasteiger partial charge is 0.339 e. The second-order valence-corrected chi connectivity index (χ2v) is 4.51. The molecule has 0 saturated heterocycles. The molecule has 2 rings (SSSR count). The molecule has 20 heavy (non-hydrogen) atoms. The quantitative estimate of drug-likeness (QED) is 0.924. The summed E-state index contributed by atoms with van der Waals surface area (Å²) in [7, 11) is 1.42. The zero-order chi connectivity index (χ0) is 14.7. The van der Waals surface area contributed by atoms with E-state index < -0.39 is 5.97 Å². The molecule has 0 radical (unpaired) electrons. The van der Waals surface area contributed by atoms with Crippen molar-refractivity contribution < 1.29 is 14.6 Å². The molecule has 1 N–H and O–H groups in total. The molecule has 0 bridgehead atoms. The van der Waals surface area contributed by atoms with Crippen LogP contribution in [0.15, 0.2) is 41.3 Å². The van der Waals surface area contributed by atoms with Crippen LogP contribution in [0.5, 0.6) is 5.75 Å². The first kappa shape index (κ1) is 13.9. The fourth-order valence-corrected chi connectivity index (χ4v) is 1.95. The van der Waals surface area contributed by atoms with Crippen LogP contribution in [0.1, 0.15) is 21.5 Å². The summed E-state index contributed by atoms with van der Waals surface area (Å²) >= 11 is 0. The lowest BCUT2D eigenvalue weighted by atomic mass is 10.1. The molecule has 104 valence electrons. The van der Waals surface area contributed by atoms with Gasteiger partial charge in [-0.05, 0) is 36.2 Å². The maximum atomic E-state index is 11.8. The molecule has 0 saturated carbocycles. The summed E-state index contributed by atoms with van der Waals surface area (Å²) < 4.78 is 6.53. The Morgan fingerprint density at radius 3 is 2.65 bits per heavy atom. The van der Waals surface area contributed by atoms with Gasteiger partial charge in [0.1, 0.15) is 11.3 Å². The minimum absolute atomic E-state index is 0.0881. The molecule has 1 heterocycles. The molecule has 2 aromatic rings. The first-order valence-corrected chi connectivity index (χ1v) is 6.08. The Morgan fingerprint density at radius 2 is 2.05 bits per heavy atom. The highest BCUT2D eigenvalue weighted by Gasteiger charge is 2.11. The van der Waals surface area contributed by atoms with E-state index in [0.717, 1.165) is 11.1 Å². The number of nitrogens with zero attached hydrogens (tertiary/aromatic N) is 1. The lowest BCUT2D eigenvalue weighted by Crippen LogP contribution is -2.19. The Balaban J connectivity index is 2.37. The van der Waals surface area contributed by atoms with E-state index in [-0.39, 0.29) is 11.1 Å². The molecule has 0 fully saturated rings.